The number of furan rings is 1. The Hall–Kier alpha value is -2.47. The summed E-state index contributed by atoms with van der Waals surface area (Å²) in [5, 5.41) is 3.44. The minimum Gasteiger partial charge on any atom is -0.463 e. The van der Waals surface area contributed by atoms with Crippen molar-refractivity contribution < 1.29 is 9.21 Å². The quantitative estimate of drug-likeness (QED) is 0.771. The van der Waals surface area contributed by atoms with Gasteiger partial charge in [0, 0.05) is 17.8 Å². The van der Waals surface area contributed by atoms with Crippen molar-refractivity contribution in [2.24, 2.45) is 5.41 Å². The summed E-state index contributed by atoms with van der Waals surface area (Å²) in [6.07, 6.45) is 5.07. The van der Waals surface area contributed by atoms with E-state index in [9.17, 15) is 4.79 Å². The van der Waals surface area contributed by atoms with Crippen LogP contribution in [0.25, 0.3) is 21.9 Å². The van der Waals surface area contributed by atoms with E-state index in [1.807, 2.05) is 45.0 Å². The van der Waals surface area contributed by atoms with Crippen molar-refractivity contribution in [2.45, 2.75) is 20.8 Å². The molecular weight excluding hydrogens is 310 g/mol. The molecular formula is C17H17N3O2S. The zero-order valence-electron chi connectivity index (χ0n) is 13.2. The monoisotopic (exact) mass is 327 g/mol. The van der Waals surface area contributed by atoms with E-state index < -0.39 is 5.41 Å². The molecule has 0 aliphatic heterocycles. The molecule has 3 heterocycles. The number of hydrogen-bond donors (Lipinski definition) is 1. The van der Waals surface area contributed by atoms with Gasteiger partial charge in [-0.25, -0.2) is 4.98 Å². The van der Waals surface area contributed by atoms with Crippen LogP contribution in [-0.4, -0.2) is 15.9 Å². The molecule has 0 aromatic carbocycles. The van der Waals surface area contributed by atoms with E-state index in [4.69, 9.17) is 4.42 Å². The number of amides is 1. The van der Waals surface area contributed by atoms with Gasteiger partial charge in [0.1, 0.15) is 5.69 Å². The highest BCUT2D eigenvalue weighted by Crippen LogP contribution is 2.39. The standard InChI is InChI=1S/C17H17N3O2S/c1-17(2,3)15(21)20-16-19-13(12-5-4-10-22-12)14(23-16)11-6-8-18-9-7-11/h4-10H,1-3H3,(H,19,20,21). The van der Waals surface area contributed by atoms with E-state index in [1.165, 1.54) is 11.3 Å². The lowest BCUT2D eigenvalue weighted by atomic mass is 9.96. The third-order valence-electron chi connectivity index (χ3n) is 3.23. The highest BCUT2D eigenvalue weighted by molar-refractivity contribution is 7.19. The van der Waals surface area contributed by atoms with E-state index in [1.54, 1.807) is 18.7 Å². The predicted octanol–water partition coefficient (Wildman–Crippen LogP) is 4.45. The van der Waals surface area contributed by atoms with Crippen LogP contribution in [0.5, 0.6) is 0 Å². The van der Waals surface area contributed by atoms with Crippen LogP contribution >= 0.6 is 11.3 Å². The Morgan fingerprint density at radius 2 is 1.96 bits per heavy atom. The number of carbonyl (C=O) groups excluding carboxylic acids is 1. The molecule has 0 aliphatic rings. The molecule has 0 unspecified atom stereocenters. The number of pyridine rings is 1. The number of hydrogen-bond acceptors (Lipinski definition) is 5. The van der Waals surface area contributed by atoms with Gasteiger partial charge >= 0.3 is 0 Å². The Morgan fingerprint density at radius 1 is 1.22 bits per heavy atom. The molecule has 0 spiro atoms. The molecule has 0 bridgehead atoms. The van der Waals surface area contributed by atoms with Crippen molar-refractivity contribution in [2.75, 3.05) is 5.32 Å². The fourth-order valence-electron chi connectivity index (χ4n) is 1.94. The van der Waals surface area contributed by atoms with Crippen LogP contribution in [0.3, 0.4) is 0 Å². The van der Waals surface area contributed by atoms with E-state index in [2.05, 4.69) is 15.3 Å². The average molecular weight is 327 g/mol. The van der Waals surface area contributed by atoms with Crippen LogP contribution in [0.15, 0.2) is 47.3 Å². The maximum Gasteiger partial charge on any atom is 0.231 e. The van der Waals surface area contributed by atoms with Gasteiger partial charge < -0.3 is 9.73 Å². The minimum atomic E-state index is -0.479. The summed E-state index contributed by atoms with van der Waals surface area (Å²) in [5.74, 6) is 0.600. The summed E-state index contributed by atoms with van der Waals surface area (Å²) in [5.41, 5.74) is 1.23. The lowest BCUT2D eigenvalue weighted by Gasteiger charge is -2.15. The molecule has 118 valence electrons. The third kappa shape index (κ3) is 3.32. The second-order valence-electron chi connectivity index (χ2n) is 6.11. The molecule has 1 N–H and O–H groups in total. The second kappa shape index (κ2) is 5.96. The molecule has 0 aliphatic carbocycles. The molecule has 0 fully saturated rings. The van der Waals surface area contributed by atoms with Gasteiger partial charge in [-0.15, -0.1) is 0 Å². The van der Waals surface area contributed by atoms with Crippen LogP contribution in [0.4, 0.5) is 5.13 Å². The first kappa shape index (κ1) is 15.4. The van der Waals surface area contributed by atoms with Gasteiger partial charge in [-0.1, -0.05) is 32.1 Å². The van der Waals surface area contributed by atoms with Crippen LogP contribution in [0, 0.1) is 5.41 Å². The molecule has 3 aromatic heterocycles. The van der Waals surface area contributed by atoms with Gasteiger partial charge in [0.2, 0.25) is 5.91 Å². The topological polar surface area (TPSA) is 68.0 Å². The van der Waals surface area contributed by atoms with Crippen LogP contribution in [-0.2, 0) is 4.79 Å². The predicted molar refractivity (Wildman–Crippen MR) is 91.1 cm³/mol. The van der Waals surface area contributed by atoms with Crippen molar-refractivity contribution in [3.63, 3.8) is 0 Å². The summed E-state index contributed by atoms with van der Waals surface area (Å²) < 4.78 is 5.48. The number of nitrogens with zero attached hydrogens (tertiary/aromatic N) is 2. The molecule has 23 heavy (non-hydrogen) atoms. The van der Waals surface area contributed by atoms with E-state index in [0.717, 1.165) is 16.1 Å². The fraction of sp³-hybridized carbons (Fsp3) is 0.235. The fourth-order valence-corrected chi connectivity index (χ4v) is 2.91. The van der Waals surface area contributed by atoms with Crippen LogP contribution < -0.4 is 5.32 Å². The maximum absolute atomic E-state index is 12.2. The van der Waals surface area contributed by atoms with E-state index >= 15 is 0 Å². The van der Waals surface area contributed by atoms with Crippen molar-refractivity contribution in [1.29, 1.82) is 0 Å². The van der Waals surface area contributed by atoms with E-state index in [-0.39, 0.29) is 5.91 Å². The molecule has 3 aromatic rings. The Labute approximate surface area is 138 Å². The van der Waals surface area contributed by atoms with Crippen molar-refractivity contribution in [3.05, 3.63) is 42.9 Å². The van der Waals surface area contributed by atoms with Crippen molar-refractivity contribution in [1.82, 2.24) is 9.97 Å². The molecule has 0 saturated heterocycles. The zero-order chi connectivity index (χ0) is 16.4. The summed E-state index contributed by atoms with van der Waals surface area (Å²) >= 11 is 1.42. The molecule has 6 heteroatoms. The van der Waals surface area contributed by atoms with Crippen molar-refractivity contribution >= 4 is 22.4 Å². The van der Waals surface area contributed by atoms with Crippen LogP contribution in [0.2, 0.25) is 0 Å². The molecule has 1 amide bonds. The van der Waals surface area contributed by atoms with Crippen molar-refractivity contribution in [3.8, 4) is 21.9 Å². The van der Waals surface area contributed by atoms with Gasteiger partial charge in [0.25, 0.3) is 0 Å². The van der Waals surface area contributed by atoms with Gasteiger partial charge in [-0.3, -0.25) is 9.78 Å². The smallest absolute Gasteiger partial charge is 0.231 e. The molecule has 0 atom stereocenters. The van der Waals surface area contributed by atoms with Gasteiger partial charge in [0.15, 0.2) is 10.9 Å². The SMILES string of the molecule is CC(C)(C)C(=O)Nc1nc(-c2ccco2)c(-c2ccncc2)s1. The highest BCUT2D eigenvalue weighted by Gasteiger charge is 2.24. The molecule has 0 saturated carbocycles. The summed E-state index contributed by atoms with van der Waals surface area (Å²) in [7, 11) is 0. The lowest BCUT2D eigenvalue weighted by Crippen LogP contribution is -2.27. The third-order valence-corrected chi connectivity index (χ3v) is 4.25. The summed E-state index contributed by atoms with van der Waals surface area (Å²) in [4.78, 5) is 21.7. The zero-order valence-corrected chi connectivity index (χ0v) is 14.0. The molecule has 3 rings (SSSR count). The molecule has 0 radical (unpaired) electrons. The Balaban J connectivity index is 2.03. The number of rotatable bonds is 3. The van der Waals surface area contributed by atoms with E-state index in [0.29, 0.717) is 10.9 Å². The number of carbonyl (C=O) groups is 1. The molecule has 5 nitrogen and oxygen atoms in total. The average Bonchev–Trinajstić information content (AvgIpc) is 3.16. The Morgan fingerprint density at radius 3 is 2.57 bits per heavy atom. The lowest BCUT2D eigenvalue weighted by molar-refractivity contribution is -0.123. The number of thiazole rings is 1. The minimum absolute atomic E-state index is 0.0708. The Bertz CT molecular complexity index is 802. The number of anilines is 1. The number of nitrogens with one attached hydrogen (secondary N) is 1. The second-order valence-corrected chi connectivity index (χ2v) is 7.11. The highest BCUT2D eigenvalue weighted by atomic mass is 32.1. The first-order chi connectivity index (χ1) is 10.9. The Kier molecular flexibility index (Phi) is 4.00. The van der Waals surface area contributed by atoms with Gasteiger partial charge in [-0.05, 0) is 29.8 Å². The first-order valence-electron chi connectivity index (χ1n) is 7.22. The van der Waals surface area contributed by atoms with Gasteiger partial charge in [0.05, 0.1) is 11.1 Å². The number of aromatic nitrogens is 2. The summed E-state index contributed by atoms with van der Waals surface area (Å²) in [6.45, 7) is 5.60. The largest absolute Gasteiger partial charge is 0.463 e. The summed E-state index contributed by atoms with van der Waals surface area (Å²) in [6, 6.07) is 7.50. The normalized spacial score (nSPS) is 11.4. The first-order valence-corrected chi connectivity index (χ1v) is 8.03. The van der Waals surface area contributed by atoms with Crippen LogP contribution in [0.1, 0.15) is 20.8 Å². The maximum atomic E-state index is 12.2. The van der Waals surface area contributed by atoms with Gasteiger partial charge in [-0.2, -0.15) is 0 Å².